The van der Waals surface area contributed by atoms with Crippen molar-refractivity contribution in [3.8, 4) is 11.1 Å². The number of benzene rings is 2. The van der Waals surface area contributed by atoms with E-state index in [9.17, 15) is 14.3 Å². The van der Waals surface area contributed by atoms with Crippen molar-refractivity contribution in [2.45, 2.75) is 25.0 Å². The summed E-state index contributed by atoms with van der Waals surface area (Å²) in [6.45, 7) is 0. The van der Waals surface area contributed by atoms with Crippen molar-refractivity contribution in [2.24, 2.45) is 0 Å². The molecule has 0 aliphatic carbocycles. The summed E-state index contributed by atoms with van der Waals surface area (Å²) in [5.41, 5.74) is 1.92. The lowest BCUT2D eigenvalue weighted by molar-refractivity contribution is -0.156. The summed E-state index contributed by atoms with van der Waals surface area (Å²) < 4.78 is 18.8. The number of rotatable bonds is 3. The Morgan fingerprint density at radius 2 is 2.04 bits per heavy atom. The average Bonchev–Trinajstić information content (AvgIpc) is 2.52. The molecule has 130 valence electrons. The summed E-state index contributed by atoms with van der Waals surface area (Å²) in [5, 5.41) is 10.5. The van der Waals surface area contributed by atoms with Gasteiger partial charge >= 0.3 is 5.97 Å². The van der Waals surface area contributed by atoms with Crippen molar-refractivity contribution in [1.29, 1.82) is 0 Å². The van der Waals surface area contributed by atoms with Gasteiger partial charge < -0.3 is 9.84 Å². The topological polar surface area (TPSA) is 46.5 Å². The molecule has 1 heterocycles. The van der Waals surface area contributed by atoms with Crippen molar-refractivity contribution in [3.05, 3.63) is 63.9 Å². The molecule has 1 saturated heterocycles. The van der Waals surface area contributed by atoms with E-state index in [1.165, 1.54) is 12.1 Å². The van der Waals surface area contributed by atoms with E-state index in [0.717, 1.165) is 0 Å². The molecule has 0 aromatic heterocycles. The van der Waals surface area contributed by atoms with Gasteiger partial charge in [0, 0.05) is 22.0 Å². The number of carbonyl (C=O) groups excluding carboxylic acids is 1. The smallest absolute Gasteiger partial charge is 0.309 e. The molecule has 6 heteroatoms. The van der Waals surface area contributed by atoms with Crippen LogP contribution in [0.4, 0.5) is 4.39 Å². The molecule has 1 aliphatic rings. The van der Waals surface area contributed by atoms with Crippen LogP contribution in [0.2, 0.25) is 10.0 Å². The second-order valence-corrected chi connectivity index (χ2v) is 6.68. The monoisotopic (exact) mass is 380 g/mol. The van der Waals surface area contributed by atoms with Crippen molar-refractivity contribution in [3.63, 3.8) is 0 Å². The van der Waals surface area contributed by atoms with Gasteiger partial charge in [-0.05, 0) is 41.5 Å². The first kappa shape index (κ1) is 17.9. The lowest BCUT2D eigenvalue weighted by atomic mass is 9.98. The lowest BCUT2D eigenvalue weighted by Gasteiger charge is -2.23. The Balaban J connectivity index is 1.98. The Labute approximate surface area is 154 Å². The number of cyclic esters (lactones) is 1. The third kappa shape index (κ3) is 4.40. The fourth-order valence-corrected chi connectivity index (χ4v) is 3.34. The third-order valence-electron chi connectivity index (χ3n) is 3.90. The first-order valence-corrected chi connectivity index (χ1v) is 8.48. The molecule has 0 bridgehead atoms. The van der Waals surface area contributed by atoms with Gasteiger partial charge in [0.25, 0.3) is 0 Å². The number of hydrogen-bond donors (Lipinski definition) is 1. The first-order chi connectivity index (χ1) is 11.9. The number of aliphatic hydroxyl groups is 1. The predicted octanol–water partition coefficient (Wildman–Crippen LogP) is 4.88. The molecule has 0 radical (unpaired) electrons. The van der Waals surface area contributed by atoms with Gasteiger partial charge in [-0.2, -0.15) is 0 Å². The number of esters is 1. The van der Waals surface area contributed by atoms with Crippen LogP contribution in [0.1, 0.15) is 18.4 Å². The molecule has 2 atom stereocenters. The summed E-state index contributed by atoms with van der Waals surface area (Å²) in [4.78, 5) is 11.4. The normalized spacial score (nSPS) is 20.7. The van der Waals surface area contributed by atoms with E-state index < -0.39 is 18.2 Å². The van der Waals surface area contributed by atoms with E-state index in [-0.39, 0.29) is 12.2 Å². The van der Waals surface area contributed by atoms with E-state index >= 15 is 0 Å². The number of hydrogen-bond acceptors (Lipinski definition) is 3. The zero-order valence-corrected chi connectivity index (χ0v) is 14.6. The largest absolute Gasteiger partial charge is 0.458 e. The van der Waals surface area contributed by atoms with Crippen LogP contribution < -0.4 is 0 Å². The van der Waals surface area contributed by atoms with Crippen LogP contribution in [-0.4, -0.2) is 23.3 Å². The van der Waals surface area contributed by atoms with Crippen molar-refractivity contribution >= 4 is 35.2 Å². The first-order valence-electron chi connectivity index (χ1n) is 7.73. The standard InChI is InChI=1S/C19H15Cl2FO3/c20-12-7-17(11-2-1-3-13(22)6-11)16(18(21)8-12)5-4-15-9-14(23)10-19(24)25-15/h1-8,14-15,23H,9-10H2/b5-4+/t14-,15-/m1/s1. The van der Waals surface area contributed by atoms with Gasteiger partial charge in [0.2, 0.25) is 0 Å². The second-order valence-electron chi connectivity index (χ2n) is 5.84. The molecule has 2 aromatic carbocycles. The molecule has 3 nitrogen and oxygen atoms in total. The van der Waals surface area contributed by atoms with Crippen molar-refractivity contribution in [2.75, 3.05) is 0 Å². The minimum absolute atomic E-state index is 0.000579. The van der Waals surface area contributed by atoms with Crippen LogP contribution in [0.15, 0.2) is 42.5 Å². The lowest BCUT2D eigenvalue weighted by Crippen LogP contribution is -2.31. The minimum Gasteiger partial charge on any atom is -0.458 e. The molecule has 1 fully saturated rings. The summed E-state index contributed by atoms with van der Waals surface area (Å²) in [6, 6.07) is 9.40. The molecular weight excluding hydrogens is 366 g/mol. The van der Waals surface area contributed by atoms with Crippen molar-refractivity contribution in [1.82, 2.24) is 0 Å². The Morgan fingerprint density at radius 3 is 2.76 bits per heavy atom. The summed E-state index contributed by atoms with van der Waals surface area (Å²) in [5.74, 6) is -0.811. The minimum atomic E-state index is -0.723. The molecule has 2 aromatic rings. The van der Waals surface area contributed by atoms with Crippen LogP contribution in [0.5, 0.6) is 0 Å². The highest BCUT2D eigenvalue weighted by Crippen LogP contribution is 2.34. The maximum Gasteiger partial charge on any atom is 0.309 e. The number of carbonyl (C=O) groups is 1. The highest BCUT2D eigenvalue weighted by Gasteiger charge is 2.25. The molecular formula is C19H15Cl2FO3. The fraction of sp³-hybridized carbons (Fsp3) is 0.211. The van der Waals surface area contributed by atoms with Crippen LogP contribution in [0, 0.1) is 5.82 Å². The molecule has 0 unspecified atom stereocenters. The molecule has 0 saturated carbocycles. The summed E-state index contributed by atoms with van der Waals surface area (Å²) in [7, 11) is 0. The van der Waals surface area contributed by atoms with Gasteiger partial charge in [0.05, 0.1) is 12.5 Å². The Hall–Kier alpha value is -1.88. The van der Waals surface area contributed by atoms with Crippen molar-refractivity contribution < 1.29 is 19.0 Å². The van der Waals surface area contributed by atoms with E-state index in [1.54, 1.807) is 36.4 Å². The van der Waals surface area contributed by atoms with E-state index in [0.29, 0.717) is 33.2 Å². The summed E-state index contributed by atoms with van der Waals surface area (Å²) >= 11 is 12.4. The third-order valence-corrected chi connectivity index (χ3v) is 4.43. The SMILES string of the molecule is O=C1C[C@H](O)C[C@@H](/C=C/c2c(Cl)cc(Cl)cc2-c2cccc(F)c2)O1. The van der Waals surface area contributed by atoms with E-state index in [1.807, 2.05) is 0 Å². The van der Waals surface area contributed by atoms with Gasteiger partial charge in [-0.25, -0.2) is 4.39 Å². The molecule has 0 spiro atoms. The molecule has 1 N–H and O–H groups in total. The number of aliphatic hydroxyl groups excluding tert-OH is 1. The maximum atomic E-state index is 13.6. The number of halogens is 3. The predicted molar refractivity (Wildman–Crippen MR) is 96.0 cm³/mol. The molecule has 25 heavy (non-hydrogen) atoms. The van der Waals surface area contributed by atoms with Gasteiger partial charge in [0.1, 0.15) is 11.9 Å². The van der Waals surface area contributed by atoms with E-state index in [4.69, 9.17) is 27.9 Å². The zero-order chi connectivity index (χ0) is 18.0. The average molecular weight is 381 g/mol. The highest BCUT2D eigenvalue weighted by atomic mass is 35.5. The summed E-state index contributed by atoms with van der Waals surface area (Å²) in [6.07, 6.45) is 2.43. The second kappa shape index (κ2) is 7.56. The Bertz CT molecular complexity index is 835. The number of ether oxygens (including phenoxy) is 1. The maximum absolute atomic E-state index is 13.6. The molecule has 0 amide bonds. The van der Waals surface area contributed by atoms with Gasteiger partial charge in [-0.1, -0.05) is 41.4 Å². The van der Waals surface area contributed by atoms with Gasteiger partial charge in [-0.3, -0.25) is 4.79 Å². The molecule has 3 rings (SSSR count). The van der Waals surface area contributed by atoms with Crippen LogP contribution in [0.25, 0.3) is 17.2 Å². The quantitative estimate of drug-likeness (QED) is 0.771. The van der Waals surface area contributed by atoms with Gasteiger partial charge in [-0.15, -0.1) is 0 Å². The van der Waals surface area contributed by atoms with Crippen LogP contribution in [-0.2, 0) is 9.53 Å². The van der Waals surface area contributed by atoms with Gasteiger partial charge in [0.15, 0.2) is 0 Å². The Morgan fingerprint density at radius 1 is 1.24 bits per heavy atom. The zero-order valence-electron chi connectivity index (χ0n) is 13.1. The fourth-order valence-electron chi connectivity index (χ4n) is 2.78. The highest BCUT2D eigenvalue weighted by molar-refractivity contribution is 6.36. The Kier molecular flexibility index (Phi) is 5.42. The van der Waals surface area contributed by atoms with E-state index in [2.05, 4.69) is 0 Å². The van der Waals surface area contributed by atoms with Crippen LogP contribution in [0.3, 0.4) is 0 Å². The van der Waals surface area contributed by atoms with Crippen LogP contribution >= 0.6 is 23.2 Å². The molecule has 1 aliphatic heterocycles.